The Kier molecular flexibility index (Phi) is 3.56. The Labute approximate surface area is 108 Å². The number of methoxy groups -OCH3 is 2. The third-order valence-electron chi connectivity index (χ3n) is 2.38. The molecular weight excluding hydrogens is 250 g/mol. The van der Waals surface area contributed by atoms with Gasteiger partial charge in [0.05, 0.1) is 20.5 Å². The van der Waals surface area contributed by atoms with Gasteiger partial charge in [-0.05, 0) is 12.1 Å². The molecule has 100 valence electrons. The molecule has 0 aliphatic heterocycles. The number of nitrogens with one attached hydrogen (secondary N) is 1. The molecule has 0 unspecified atom stereocenters. The molecule has 19 heavy (non-hydrogen) atoms. The first-order valence-electron chi connectivity index (χ1n) is 5.38. The van der Waals surface area contributed by atoms with E-state index in [2.05, 4.69) is 9.97 Å². The van der Waals surface area contributed by atoms with Crippen LogP contribution in [0.25, 0.3) is 0 Å². The number of H-pyrrole nitrogens is 1. The lowest BCUT2D eigenvalue weighted by atomic mass is 10.3. The lowest BCUT2D eigenvalue weighted by molar-refractivity contribution is 0.344. The molecule has 0 spiro atoms. The van der Waals surface area contributed by atoms with Crippen LogP contribution < -0.4 is 25.5 Å². The SMILES string of the molecule is COc1cc(N)ccc1Oc1nc[nH]c(=O)c1OC. The Bertz CT molecular complexity index is 639. The molecule has 0 saturated heterocycles. The molecular formula is C12H13N3O4. The fourth-order valence-corrected chi connectivity index (χ4v) is 1.50. The van der Waals surface area contributed by atoms with Crippen LogP contribution >= 0.6 is 0 Å². The summed E-state index contributed by atoms with van der Waals surface area (Å²) in [5, 5.41) is 0. The van der Waals surface area contributed by atoms with Crippen LogP contribution in [0.5, 0.6) is 23.1 Å². The van der Waals surface area contributed by atoms with Gasteiger partial charge >= 0.3 is 0 Å². The van der Waals surface area contributed by atoms with Crippen LogP contribution in [0.3, 0.4) is 0 Å². The number of nitrogens with zero attached hydrogens (tertiary/aromatic N) is 1. The standard InChI is InChI=1S/C12H13N3O4/c1-17-9-5-7(13)3-4-8(9)19-12-10(18-2)11(16)14-6-15-12/h3-6H,13H2,1-2H3,(H,14,15,16). The van der Waals surface area contributed by atoms with Crippen LogP contribution in [0.1, 0.15) is 0 Å². The lowest BCUT2D eigenvalue weighted by Gasteiger charge is -2.11. The Balaban J connectivity index is 2.42. The summed E-state index contributed by atoms with van der Waals surface area (Å²) in [7, 11) is 2.85. The predicted octanol–water partition coefficient (Wildman–Crippen LogP) is 1.16. The molecule has 0 aliphatic rings. The smallest absolute Gasteiger partial charge is 0.297 e. The number of ether oxygens (including phenoxy) is 3. The van der Waals surface area contributed by atoms with Gasteiger partial charge < -0.3 is 24.9 Å². The molecule has 1 aromatic heterocycles. The number of hydrogen-bond donors (Lipinski definition) is 2. The summed E-state index contributed by atoms with van der Waals surface area (Å²) >= 11 is 0. The molecule has 0 saturated carbocycles. The predicted molar refractivity (Wildman–Crippen MR) is 68.9 cm³/mol. The summed E-state index contributed by atoms with van der Waals surface area (Å²) in [5.41, 5.74) is 5.75. The zero-order valence-corrected chi connectivity index (χ0v) is 10.5. The second-order valence-electron chi connectivity index (χ2n) is 3.58. The number of nitrogen functional groups attached to an aromatic ring is 1. The van der Waals surface area contributed by atoms with Gasteiger partial charge in [-0.2, -0.15) is 0 Å². The summed E-state index contributed by atoms with van der Waals surface area (Å²) in [6.45, 7) is 0. The second-order valence-corrected chi connectivity index (χ2v) is 3.58. The van der Waals surface area contributed by atoms with Gasteiger partial charge in [0.15, 0.2) is 11.5 Å². The molecule has 1 heterocycles. The van der Waals surface area contributed by atoms with Gasteiger partial charge in [-0.1, -0.05) is 0 Å². The minimum absolute atomic E-state index is 0.0126. The van der Waals surface area contributed by atoms with E-state index in [0.717, 1.165) is 0 Å². The van der Waals surface area contributed by atoms with Crippen molar-refractivity contribution in [3.05, 3.63) is 34.9 Å². The zero-order valence-electron chi connectivity index (χ0n) is 10.5. The van der Waals surface area contributed by atoms with E-state index in [9.17, 15) is 4.79 Å². The lowest BCUT2D eigenvalue weighted by Crippen LogP contribution is -2.11. The maximum absolute atomic E-state index is 11.5. The van der Waals surface area contributed by atoms with Crippen molar-refractivity contribution in [3.63, 3.8) is 0 Å². The largest absolute Gasteiger partial charge is 0.493 e. The number of benzene rings is 1. The Hall–Kier alpha value is -2.70. The maximum atomic E-state index is 11.5. The van der Waals surface area contributed by atoms with Gasteiger partial charge in [-0.15, -0.1) is 0 Å². The van der Waals surface area contributed by atoms with E-state index in [4.69, 9.17) is 19.9 Å². The van der Waals surface area contributed by atoms with Crippen LogP contribution in [-0.2, 0) is 0 Å². The minimum Gasteiger partial charge on any atom is -0.493 e. The van der Waals surface area contributed by atoms with Crippen molar-refractivity contribution < 1.29 is 14.2 Å². The summed E-state index contributed by atoms with van der Waals surface area (Å²) in [6, 6.07) is 4.88. The number of rotatable bonds is 4. The average Bonchev–Trinajstić information content (AvgIpc) is 2.41. The van der Waals surface area contributed by atoms with Crippen LogP contribution in [0.2, 0.25) is 0 Å². The summed E-state index contributed by atoms with van der Waals surface area (Å²) in [6.07, 6.45) is 1.23. The highest BCUT2D eigenvalue weighted by atomic mass is 16.5. The van der Waals surface area contributed by atoms with Crippen molar-refractivity contribution in [1.82, 2.24) is 9.97 Å². The monoisotopic (exact) mass is 263 g/mol. The van der Waals surface area contributed by atoms with Gasteiger partial charge in [0, 0.05) is 11.8 Å². The van der Waals surface area contributed by atoms with Crippen LogP contribution in [-0.4, -0.2) is 24.2 Å². The molecule has 1 aromatic carbocycles. The first-order chi connectivity index (χ1) is 9.15. The first-order valence-corrected chi connectivity index (χ1v) is 5.38. The van der Waals surface area contributed by atoms with Gasteiger partial charge in [-0.25, -0.2) is 4.98 Å². The molecule has 0 atom stereocenters. The molecule has 7 nitrogen and oxygen atoms in total. The normalized spacial score (nSPS) is 10.0. The van der Waals surface area contributed by atoms with E-state index in [-0.39, 0.29) is 11.6 Å². The van der Waals surface area contributed by atoms with Crippen LogP contribution in [0, 0.1) is 0 Å². The number of anilines is 1. The van der Waals surface area contributed by atoms with E-state index in [0.29, 0.717) is 17.2 Å². The topological polar surface area (TPSA) is 99.5 Å². The molecule has 0 aliphatic carbocycles. The van der Waals surface area contributed by atoms with Crippen molar-refractivity contribution in [2.75, 3.05) is 20.0 Å². The van der Waals surface area contributed by atoms with E-state index in [1.807, 2.05) is 0 Å². The fourth-order valence-electron chi connectivity index (χ4n) is 1.50. The van der Waals surface area contributed by atoms with E-state index in [1.165, 1.54) is 20.5 Å². The van der Waals surface area contributed by atoms with Crippen molar-refractivity contribution in [2.45, 2.75) is 0 Å². The molecule has 0 bridgehead atoms. The average molecular weight is 263 g/mol. The minimum atomic E-state index is -0.429. The first kappa shape index (κ1) is 12.7. The van der Waals surface area contributed by atoms with Crippen molar-refractivity contribution >= 4 is 5.69 Å². The van der Waals surface area contributed by atoms with E-state index in [1.54, 1.807) is 18.2 Å². The molecule has 3 N–H and O–H groups in total. The van der Waals surface area contributed by atoms with Crippen LogP contribution in [0.15, 0.2) is 29.3 Å². The van der Waals surface area contributed by atoms with E-state index < -0.39 is 5.56 Å². The van der Waals surface area contributed by atoms with Crippen LogP contribution in [0.4, 0.5) is 5.69 Å². The van der Waals surface area contributed by atoms with Gasteiger partial charge in [0.1, 0.15) is 0 Å². The quantitative estimate of drug-likeness (QED) is 0.803. The highest BCUT2D eigenvalue weighted by Gasteiger charge is 2.14. The molecule has 7 heteroatoms. The number of hydrogen-bond acceptors (Lipinski definition) is 6. The fraction of sp³-hybridized carbons (Fsp3) is 0.167. The van der Waals surface area contributed by atoms with Crippen molar-refractivity contribution in [2.24, 2.45) is 0 Å². The third-order valence-corrected chi connectivity index (χ3v) is 2.38. The Morgan fingerprint density at radius 3 is 2.68 bits per heavy atom. The van der Waals surface area contributed by atoms with Gasteiger partial charge in [0.2, 0.25) is 5.75 Å². The number of aromatic amines is 1. The molecule has 2 aromatic rings. The van der Waals surface area contributed by atoms with Gasteiger partial charge in [-0.3, -0.25) is 4.79 Å². The van der Waals surface area contributed by atoms with Gasteiger partial charge in [0.25, 0.3) is 11.4 Å². The molecule has 0 radical (unpaired) electrons. The Morgan fingerprint density at radius 1 is 1.21 bits per heavy atom. The molecule has 2 rings (SSSR count). The Morgan fingerprint density at radius 2 is 2.00 bits per heavy atom. The van der Waals surface area contributed by atoms with Crippen molar-refractivity contribution in [1.29, 1.82) is 0 Å². The molecule has 0 fully saturated rings. The van der Waals surface area contributed by atoms with E-state index >= 15 is 0 Å². The maximum Gasteiger partial charge on any atom is 0.297 e. The highest BCUT2D eigenvalue weighted by molar-refractivity contribution is 5.53. The molecule has 0 amide bonds. The highest BCUT2D eigenvalue weighted by Crippen LogP contribution is 2.34. The third kappa shape index (κ3) is 2.59. The summed E-state index contributed by atoms with van der Waals surface area (Å²) < 4.78 is 15.6. The second kappa shape index (κ2) is 5.30. The number of aromatic nitrogens is 2. The number of nitrogens with two attached hydrogens (primary N) is 1. The zero-order chi connectivity index (χ0) is 13.8. The van der Waals surface area contributed by atoms with Crippen molar-refractivity contribution in [3.8, 4) is 23.1 Å². The summed E-state index contributed by atoms with van der Waals surface area (Å²) in [5.74, 6) is 0.855. The summed E-state index contributed by atoms with van der Waals surface area (Å²) in [4.78, 5) is 17.8.